The number of aromatic nitrogens is 1. The first kappa shape index (κ1) is 13.1. The fourth-order valence-electron chi connectivity index (χ4n) is 2.24. The molecule has 4 heteroatoms. The van der Waals surface area contributed by atoms with Gasteiger partial charge < -0.3 is 5.32 Å². The Morgan fingerprint density at radius 3 is 2.95 bits per heavy atom. The van der Waals surface area contributed by atoms with Gasteiger partial charge in [-0.25, -0.2) is 4.39 Å². The van der Waals surface area contributed by atoms with E-state index in [2.05, 4.69) is 10.3 Å². The number of anilines is 1. The Labute approximate surface area is 121 Å². The van der Waals surface area contributed by atoms with Crippen LogP contribution < -0.4 is 5.32 Å². The molecule has 0 radical (unpaired) electrons. The molecule has 2 aromatic carbocycles. The minimum Gasteiger partial charge on any atom is -0.380 e. The normalized spacial score (nSPS) is 10.3. The number of hydrogen-bond acceptors (Lipinski definition) is 3. The molecule has 21 heavy (non-hydrogen) atoms. The maximum atomic E-state index is 13.3. The van der Waals surface area contributed by atoms with Crippen molar-refractivity contribution >= 4 is 16.5 Å². The molecule has 0 fully saturated rings. The quantitative estimate of drug-likeness (QED) is 0.791. The van der Waals surface area contributed by atoms with Crippen molar-refractivity contribution in [2.75, 3.05) is 5.32 Å². The van der Waals surface area contributed by atoms with Gasteiger partial charge in [0.2, 0.25) is 0 Å². The number of nitriles is 1. The van der Waals surface area contributed by atoms with E-state index in [-0.39, 0.29) is 5.56 Å². The standard InChI is InChI=1S/C17H12FN3/c18-16-5-4-12(8-14(16)9-19)10-21-17-3-1-2-13-11-20-7-6-15(13)17/h1-8,11,21H,10H2. The van der Waals surface area contributed by atoms with E-state index in [1.807, 2.05) is 36.5 Å². The van der Waals surface area contributed by atoms with Crippen molar-refractivity contribution in [3.05, 3.63) is 71.8 Å². The Balaban J connectivity index is 1.86. The van der Waals surface area contributed by atoms with Crippen molar-refractivity contribution in [2.24, 2.45) is 0 Å². The van der Waals surface area contributed by atoms with Gasteiger partial charge in [-0.15, -0.1) is 0 Å². The SMILES string of the molecule is N#Cc1cc(CNc2cccc3cnccc23)ccc1F. The highest BCUT2D eigenvalue weighted by Gasteiger charge is 2.04. The van der Waals surface area contributed by atoms with Crippen LogP contribution in [0.4, 0.5) is 10.1 Å². The Bertz CT molecular complexity index is 832. The number of rotatable bonds is 3. The smallest absolute Gasteiger partial charge is 0.140 e. The lowest BCUT2D eigenvalue weighted by Crippen LogP contribution is -2.01. The van der Waals surface area contributed by atoms with Gasteiger partial charge in [0.15, 0.2) is 0 Å². The predicted molar refractivity (Wildman–Crippen MR) is 80.2 cm³/mol. The highest BCUT2D eigenvalue weighted by Crippen LogP contribution is 2.23. The van der Waals surface area contributed by atoms with E-state index in [1.165, 1.54) is 6.07 Å². The molecule has 0 aliphatic carbocycles. The van der Waals surface area contributed by atoms with Gasteiger partial charge >= 0.3 is 0 Å². The maximum absolute atomic E-state index is 13.3. The zero-order valence-corrected chi connectivity index (χ0v) is 11.2. The second kappa shape index (κ2) is 5.59. The largest absolute Gasteiger partial charge is 0.380 e. The van der Waals surface area contributed by atoms with Crippen LogP contribution in [-0.4, -0.2) is 4.98 Å². The molecule has 0 saturated carbocycles. The van der Waals surface area contributed by atoms with Gasteiger partial charge in [-0.1, -0.05) is 18.2 Å². The van der Waals surface area contributed by atoms with E-state index < -0.39 is 5.82 Å². The van der Waals surface area contributed by atoms with Crippen LogP contribution >= 0.6 is 0 Å². The molecule has 3 aromatic rings. The summed E-state index contributed by atoms with van der Waals surface area (Å²) in [5.41, 5.74) is 1.91. The molecule has 3 nitrogen and oxygen atoms in total. The van der Waals surface area contributed by atoms with Gasteiger partial charge in [0, 0.05) is 35.4 Å². The minimum atomic E-state index is -0.488. The summed E-state index contributed by atoms with van der Waals surface area (Å²) in [4.78, 5) is 4.10. The summed E-state index contributed by atoms with van der Waals surface area (Å²) in [6.45, 7) is 0.524. The summed E-state index contributed by atoms with van der Waals surface area (Å²) in [6, 6.07) is 14.3. The fourth-order valence-corrected chi connectivity index (χ4v) is 2.24. The molecule has 3 rings (SSSR count). The number of halogens is 1. The summed E-state index contributed by atoms with van der Waals surface area (Å²) in [5, 5.41) is 14.3. The molecule has 0 spiro atoms. The molecule has 0 atom stereocenters. The van der Waals surface area contributed by atoms with Crippen molar-refractivity contribution in [3.8, 4) is 6.07 Å². The molecule has 1 heterocycles. The van der Waals surface area contributed by atoms with Crippen molar-refractivity contribution in [1.29, 1.82) is 5.26 Å². The van der Waals surface area contributed by atoms with Gasteiger partial charge in [-0.2, -0.15) is 5.26 Å². The molecular formula is C17H12FN3. The molecule has 0 saturated heterocycles. The van der Waals surface area contributed by atoms with Gasteiger partial charge in [0.1, 0.15) is 11.9 Å². The third-order valence-corrected chi connectivity index (χ3v) is 3.31. The molecule has 0 aliphatic rings. The molecule has 0 amide bonds. The monoisotopic (exact) mass is 277 g/mol. The first-order chi connectivity index (χ1) is 10.3. The summed E-state index contributed by atoms with van der Waals surface area (Å²) >= 11 is 0. The molecule has 0 bridgehead atoms. The van der Waals surface area contributed by atoms with Crippen LogP contribution in [-0.2, 0) is 6.54 Å². The van der Waals surface area contributed by atoms with Crippen molar-refractivity contribution in [2.45, 2.75) is 6.54 Å². The number of nitrogens with zero attached hydrogens (tertiary/aromatic N) is 2. The lowest BCUT2D eigenvalue weighted by atomic mass is 10.1. The average molecular weight is 277 g/mol. The molecule has 102 valence electrons. The lowest BCUT2D eigenvalue weighted by molar-refractivity contribution is 0.623. The third kappa shape index (κ3) is 2.67. The van der Waals surface area contributed by atoms with Crippen LogP contribution in [0, 0.1) is 17.1 Å². The molecule has 1 N–H and O–H groups in total. The minimum absolute atomic E-state index is 0.0661. The Kier molecular flexibility index (Phi) is 3.48. The Morgan fingerprint density at radius 1 is 1.19 bits per heavy atom. The summed E-state index contributed by atoms with van der Waals surface area (Å²) in [7, 11) is 0. The van der Waals surface area contributed by atoms with Crippen LogP contribution in [0.5, 0.6) is 0 Å². The predicted octanol–water partition coefficient (Wildman–Crippen LogP) is 3.86. The van der Waals surface area contributed by atoms with Crippen LogP contribution in [0.1, 0.15) is 11.1 Å². The van der Waals surface area contributed by atoms with Crippen LogP contribution in [0.3, 0.4) is 0 Å². The van der Waals surface area contributed by atoms with E-state index in [1.54, 1.807) is 18.3 Å². The Morgan fingerprint density at radius 2 is 2.10 bits per heavy atom. The lowest BCUT2D eigenvalue weighted by Gasteiger charge is -2.10. The molecular weight excluding hydrogens is 265 g/mol. The van der Waals surface area contributed by atoms with Crippen molar-refractivity contribution in [3.63, 3.8) is 0 Å². The summed E-state index contributed by atoms with van der Waals surface area (Å²) in [6.07, 6.45) is 3.56. The Hall–Kier alpha value is -2.93. The second-order valence-corrected chi connectivity index (χ2v) is 4.68. The molecule has 0 aliphatic heterocycles. The number of nitrogens with one attached hydrogen (secondary N) is 1. The summed E-state index contributed by atoms with van der Waals surface area (Å²) in [5.74, 6) is -0.488. The maximum Gasteiger partial charge on any atom is 0.140 e. The zero-order chi connectivity index (χ0) is 14.7. The second-order valence-electron chi connectivity index (χ2n) is 4.68. The first-order valence-electron chi connectivity index (χ1n) is 6.53. The van der Waals surface area contributed by atoms with Crippen molar-refractivity contribution < 1.29 is 4.39 Å². The van der Waals surface area contributed by atoms with E-state index in [4.69, 9.17) is 5.26 Å². The highest BCUT2D eigenvalue weighted by atomic mass is 19.1. The van der Waals surface area contributed by atoms with Gasteiger partial charge in [0.05, 0.1) is 5.56 Å². The van der Waals surface area contributed by atoms with Crippen LogP contribution in [0.25, 0.3) is 10.8 Å². The van der Waals surface area contributed by atoms with E-state index in [0.29, 0.717) is 6.54 Å². The highest BCUT2D eigenvalue weighted by molar-refractivity contribution is 5.93. The number of benzene rings is 2. The summed E-state index contributed by atoms with van der Waals surface area (Å²) < 4.78 is 13.3. The molecule has 1 aromatic heterocycles. The van der Waals surface area contributed by atoms with Gasteiger partial charge in [-0.05, 0) is 29.8 Å². The average Bonchev–Trinajstić information content (AvgIpc) is 2.54. The molecule has 0 unspecified atom stereocenters. The zero-order valence-electron chi connectivity index (χ0n) is 11.2. The van der Waals surface area contributed by atoms with Crippen LogP contribution in [0.2, 0.25) is 0 Å². The van der Waals surface area contributed by atoms with Crippen LogP contribution in [0.15, 0.2) is 54.9 Å². The van der Waals surface area contributed by atoms with E-state index in [0.717, 1.165) is 22.0 Å². The van der Waals surface area contributed by atoms with E-state index >= 15 is 0 Å². The van der Waals surface area contributed by atoms with Gasteiger partial charge in [-0.3, -0.25) is 4.98 Å². The number of pyridine rings is 1. The topological polar surface area (TPSA) is 48.7 Å². The van der Waals surface area contributed by atoms with Crippen molar-refractivity contribution in [1.82, 2.24) is 4.98 Å². The number of fused-ring (bicyclic) bond motifs is 1. The van der Waals surface area contributed by atoms with Gasteiger partial charge in [0.25, 0.3) is 0 Å². The fraction of sp³-hybridized carbons (Fsp3) is 0.0588. The number of hydrogen-bond donors (Lipinski definition) is 1. The third-order valence-electron chi connectivity index (χ3n) is 3.31. The van der Waals surface area contributed by atoms with E-state index in [9.17, 15) is 4.39 Å². The first-order valence-corrected chi connectivity index (χ1v) is 6.53.